The molecule has 1 aromatic carbocycles. The summed E-state index contributed by atoms with van der Waals surface area (Å²) < 4.78 is 5.36. The molecule has 0 radical (unpaired) electrons. The molecule has 0 amide bonds. The van der Waals surface area contributed by atoms with Gasteiger partial charge in [-0.15, -0.1) is 0 Å². The molecule has 2 rings (SSSR count). The lowest BCUT2D eigenvalue weighted by molar-refractivity contribution is 0.375. The Bertz CT molecular complexity index is 480. The monoisotopic (exact) mass is 292 g/mol. The number of methoxy groups -OCH3 is 1. The number of aliphatic imine (C=N–C) groups is 1. The summed E-state index contributed by atoms with van der Waals surface area (Å²) in [5.41, 5.74) is 1.53. The highest BCUT2D eigenvalue weighted by atomic mass is 32.2. The van der Waals surface area contributed by atoms with Gasteiger partial charge in [0.25, 0.3) is 0 Å². The minimum atomic E-state index is 0.366. The Labute approximate surface area is 126 Å². The number of amidine groups is 1. The van der Waals surface area contributed by atoms with Crippen molar-refractivity contribution in [2.75, 3.05) is 13.7 Å². The molecule has 4 heteroatoms. The van der Waals surface area contributed by atoms with Crippen LogP contribution >= 0.6 is 11.8 Å². The summed E-state index contributed by atoms with van der Waals surface area (Å²) in [5.74, 6) is 0.926. The second-order valence-corrected chi connectivity index (χ2v) is 7.60. The van der Waals surface area contributed by atoms with Crippen molar-refractivity contribution >= 4 is 16.9 Å². The molecule has 110 valence electrons. The first kappa shape index (κ1) is 15.2. The zero-order valence-corrected chi connectivity index (χ0v) is 13.6. The number of thioether (sulfide) groups is 1. The van der Waals surface area contributed by atoms with Gasteiger partial charge in [-0.1, -0.05) is 50.7 Å². The molecule has 0 saturated heterocycles. The van der Waals surface area contributed by atoms with Crippen molar-refractivity contribution in [3.05, 3.63) is 29.8 Å². The fraction of sp³-hybridized carbons (Fsp3) is 0.562. The molecular weight excluding hydrogens is 268 g/mol. The average molecular weight is 292 g/mol. The first-order valence-electron chi connectivity index (χ1n) is 7.05. The lowest BCUT2D eigenvalue weighted by atomic mass is 9.90. The lowest BCUT2D eigenvalue weighted by Crippen LogP contribution is -2.20. The van der Waals surface area contributed by atoms with E-state index in [4.69, 9.17) is 4.74 Å². The van der Waals surface area contributed by atoms with Crippen molar-refractivity contribution in [2.45, 2.75) is 39.0 Å². The van der Waals surface area contributed by atoms with Crippen LogP contribution < -0.4 is 10.1 Å². The van der Waals surface area contributed by atoms with Crippen LogP contribution in [0.5, 0.6) is 5.75 Å². The van der Waals surface area contributed by atoms with Crippen LogP contribution in [0.1, 0.15) is 32.8 Å². The second kappa shape index (κ2) is 6.53. The van der Waals surface area contributed by atoms with E-state index in [1.165, 1.54) is 6.42 Å². The molecule has 20 heavy (non-hydrogen) atoms. The highest BCUT2D eigenvalue weighted by Crippen LogP contribution is 2.31. The summed E-state index contributed by atoms with van der Waals surface area (Å²) in [4.78, 5) is 4.60. The number of nitrogens with one attached hydrogen (secondary N) is 1. The summed E-state index contributed by atoms with van der Waals surface area (Å²) in [6, 6.07) is 8.09. The predicted molar refractivity (Wildman–Crippen MR) is 87.6 cm³/mol. The van der Waals surface area contributed by atoms with E-state index >= 15 is 0 Å². The number of para-hydroxylation sites is 1. The van der Waals surface area contributed by atoms with E-state index in [9.17, 15) is 0 Å². The van der Waals surface area contributed by atoms with Gasteiger partial charge in [0.05, 0.1) is 13.7 Å². The molecule has 3 nitrogen and oxygen atoms in total. The highest BCUT2D eigenvalue weighted by Gasteiger charge is 2.24. The third-order valence-electron chi connectivity index (χ3n) is 3.18. The Morgan fingerprint density at radius 2 is 2.10 bits per heavy atom. The summed E-state index contributed by atoms with van der Waals surface area (Å²) >= 11 is 1.87. The molecule has 1 heterocycles. The molecule has 1 N–H and O–H groups in total. The molecule has 0 aromatic heterocycles. The average Bonchev–Trinajstić information content (AvgIpc) is 2.82. The van der Waals surface area contributed by atoms with Gasteiger partial charge in [-0.05, 0) is 17.9 Å². The van der Waals surface area contributed by atoms with Crippen LogP contribution in [0, 0.1) is 5.41 Å². The van der Waals surface area contributed by atoms with Crippen LogP contribution in [0.3, 0.4) is 0 Å². The van der Waals surface area contributed by atoms with Gasteiger partial charge in [0.2, 0.25) is 0 Å². The molecule has 0 fully saturated rings. The van der Waals surface area contributed by atoms with Crippen LogP contribution in [0.25, 0.3) is 0 Å². The van der Waals surface area contributed by atoms with Crippen LogP contribution in [0.4, 0.5) is 0 Å². The largest absolute Gasteiger partial charge is 0.496 e. The SMILES string of the molecule is COc1ccccc1CNC1=NCC(CC(C)(C)C)S1. The maximum atomic E-state index is 5.36. The van der Waals surface area contributed by atoms with E-state index in [1.54, 1.807) is 7.11 Å². The van der Waals surface area contributed by atoms with Crippen LogP contribution in [0.15, 0.2) is 29.3 Å². The quantitative estimate of drug-likeness (QED) is 0.919. The van der Waals surface area contributed by atoms with E-state index in [0.717, 1.165) is 29.6 Å². The van der Waals surface area contributed by atoms with Gasteiger partial charge in [0.1, 0.15) is 5.75 Å². The maximum Gasteiger partial charge on any atom is 0.157 e. The normalized spacial score (nSPS) is 18.8. The summed E-state index contributed by atoms with van der Waals surface area (Å²) in [7, 11) is 1.71. The molecule has 0 bridgehead atoms. The van der Waals surface area contributed by atoms with Gasteiger partial charge in [0, 0.05) is 17.4 Å². The fourth-order valence-corrected chi connectivity index (χ4v) is 3.68. The van der Waals surface area contributed by atoms with E-state index in [1.807, 2.05) is 30.0 Å². The van der Waals surface area contributed by atoms with Gasteiger partial charge < -0.3 is 10.1 Å². The number of hydrogen-bond acceptors (Lipinski definition) is 4. The van der Waals surface area contributed by atoms with E-state index < -0.39 is 0 Å². The fourth-order valence-electron chi connectivity index (χ4n) is 2.32. The van der Waals surface area contributed by atoms with Gasteiger partial charge >= 0.3 is 0 Å². The smallest absolute Gasteiger partial charge is 0.157 e. The number of nitrogens with zero attached hydrogens (tertiary/aromatic N) is 1. The van der Waals surface area contributed by atoms with Gasteiger partial charge in [-0.3, -0.25) is 4.99 Å². The molecule has 1 aliphatic heterocycles. The standard InChI is InChI=1S/C16H24N2OS/c1-16(2,3)9-13-11-18-15(20-13)17-10-12-7-5-6-8-14(12)19-4/h5-8,13H,9-11H2,1-4H3,(H,17,18). The molecule has 1 atom stereocenters. The lowest BCUT2D eigenvalue weighted by Gasteiger charge is -2.21. The Hall–Kier alpha value is -1.16. The topological polar surface area (TPSA) is 33.6 Å². The first-order valence-corrected chi connectivity index (χ1v) is 7.93. The van der Waals surface area contributed by atoms with Crippen molar-refractivity contribution in [1.82, 2.24) is 5.32 Å². The van der Waals surface area contributed by atoms with Crippen molar-refractivity contribution in [3.8, 4) is 5.75 Å². The number of rotatable bonds is 4. The Morgan fingerprint density at radius 3 is 2.80 bits per heavy atom. The van der Waals surface area contributed by atoms with Crippen molar-refractivity contribution in [3.63, 3.8) is 0 Å². The van der Waals surface area contributed by atoms with Crippen molar-refractivity contribution in [1.29, 1.82) is 0 Å². The van der Waals surface area contributed by atoms with Gasteiger partial charge in [-0.25, -0.2) is 0 Å². The van der Waals surface area contributed by atoms with E-state index in [0.29, 0.717) is 10.7 Å². The molecule has 1 unspecified atom stereocenters. The number of hydrogen-bond donors (Lipinski definition) is 1. The first-order chi connectivity index (χ1) is 9.48. The number of benzene rings is 1. The highest BCUT2D eigenvalue weighted by molar-refractivity contribution is 8.14. The zero-order valence-electron chi connectivity index (χ0n) is 12.8. The number of ether oxygens (including phenoxy) is 1. The minimum Gasteiger partial charge on any atom is -0.496 e. The third kappa shape index (κ3) is 4.44. The van der Waals surface area contributed by atoms with Gasteiger partial charge in [-0.2, -0.15) is 0 Å². The molecule has 0 aliphatic carbocycles. The molecular formula is C16H24N2OS. The summed E-state index contributed by atoms with van der Waals surface area (Å²) in [5, 5.41) is 5.09. The van der Waals surface area contributed by atoms with Crippen LogP contribution in [-0.2, 0) is 6.54 Å². The Morgan fingerprint density at radius 1 is 1.35 bits per heavy atom. The maximum absolute atomic E-state index is 5.36. The third-order valence-corrected chi connectivity index (χ3v) is 4.33. The predicted octanol–water partition coefficient (Wildman–Crippen LogP) is 3.69. The summed E-state index contributed by atoms with van der Waals surface area (Å²) in [6.07, 6.45) is 1.20. The van der Waals surface area contributed by atoms with Crippen LogP contribution in [0.2, 0.25) is 0 Å². The Kier molecular flexibility index (Phi) is 4.97. The van der Waals surface area contributed by atoms with Crippen molar-refractivity contribution in [2.24, 2.45) is 10.4 Å². The minimum absolute atomic E-state index is 0.366. The summed E-state index contributed by atoms with van der Waals surface area (Å²) in [6.45, 7) is 8.55. The van der Waals surface area contributed by atoms with Gasteiger partial charge in [0.15, 0.2) is 5.17 Å². The molecule has 1 aliphatic rings. The Balaban J connectivity index is 1.84. The molecule has 0 saturated carbocycles. The molecule has 1 aromatic rings. The zero-order chi connectivity index (χ0) is 14.6. The molecule has 0 spiro atoms. The second-order valence-electron chi connectivity index (χ2n) is 6.32. The van der Waals surface area contributed by atoms with Crippen LogP contribution in [-0.4, -0.2) is 24.1 Å². The van der Waals surface area contributed by atoms with E-state index in [2.05, 4.69) is 37.1 Å². The van der Waals surface area contributed by atoms with Crippen molar-refractivity contribution < 1.29 is 4.74 Å². The van der Waals surface area contributed by atoms with E-state index in [-0.39, 0.29) is 0 Å².